The zero-order valence-corrected chi connectivity index (χ0v) is 17.4. The van der Waals surface area contributed by atoms with Gasteiger partial charge < -0.3 is 14.7 Å². The fourth-order valence-corrected chi connectivity index (χ4v) is 3.84. The molecule has 3 aromatic rings. The van der Waals surface area contributed by atoms with Crippen LogP contribution in [0.5, 0.6) is 5.75 Å². The van der Waals surface area contributed by atoms with Gasteiger partial charge in [0.25, 0.3) is 11.7 Å². The van der Waals surface area contributed by atoms with Gasteiger partial charge >= 0.3 is 0 Å². The third-order valence-corrected chi connectivity index (χ3v) is 5.47. The molecule has 1 amide bonds. The van der Waals surface area contributed by atoms with Crippen LogP contribution in [0.4, 0.5) is 0 Å². The van der Waals surface area contributed by atoms with Crippen molar-refractivity contribution in [3.63, 3.8) is 0 Å². The van der Waals surface area contributed by atoms with Crippen molar-refractivity contribution in [2.24, 2.45) is 0 Å². The SMILES string of the molecule is COc1cccc(/C(O)=C2\C(=O)C(=O)N(Cc3ccccc3)C2c2ccc(C)cc2)c1. The Kier molecular flexibility index (Phi) is 5.58. The molecule has 5 heteroatoms. The molecule has 156 valence electrons. The molecule has 0 spiro atoms. The van der Waals surface area contributed by atoms with E-state index in [-0.39, 0.29) is 17.9 Å². The van der Waals surface area contributed by atoms with Crippen molar-refractivity contribution < 1.29 is 19.4 Å². The van der Waals surface area contributed by atoms with Gasteiger partial charge in [-0.1, -0.05) is 72.3 Å². The number of methoxy groups -OCH3 is 1. The van der Waals surface area contributed by atoms with E-state index in [2.05, 4.69) is 0 Å². The summed E-state index contributed by atoms with van der Waals surface area (Å²) in [6.07, 6.45) is 0. The summed E-state index contributed by atoms with van der Waals surface area (Å²) in [5.41, 5.74) is 3.25. The van der Waals surface area contributed by atoms with Crippen LogP contribution >= 0.6 is 0 Å². The summed E-state index contributed by atoms with van der Waals surface area (Å²) in [5, 5.41) is 11.1. The lowest BCUT2D eigenvalue weighted by Crippen LogP contribution is -2.29. The molecule has 1 aliphatic heterocycles. The summed E-state index contributed by atoms with van der Waals surface area (Å²) in [6.45, 7) is 2.24. The van der Waals surface area contributed by atoms with Gasteiger partial charge in [-0.3, -0.25) is 9.59 Å². The van der Waals surface area contributed by atoms with Gasteiger partial charge in [0, 0.05) is 12.1 Å². The highest BCUT2D eigenvalue weighted by Gasteiger charge is 2.46. The largest absolute Gasteiger partial charge is 0.507 e. The highest BCUT2D eigenvalue weighted by Crippen LogP contribution is 2.40. The zero-order valence-electron chi connectivity index (χ0n) is 17.4. The van der Waals surface area contributed by atoms with Gasteiger partial charge in [-0.25, -0.2) is 0 Å². The Balaban J connectivity index is 1.86. The van der Waals surface area contributed by atoms with Crippen LogP contribution in [0.15, 0.2) is 84.4 Å². The molecular weight excluding hydrogens is 390 g/mol. The first-order chi connectivity index (χ1) is 15.0. The number of Topliss-reactive ketones (excluding diaryl/α,β-unsaturated/α-hetero) is 1. The highest BCUT2D eigenvalue weighted by molar-refractivity contribution is 6.46. The van der Waals surface area contributed by atoms with Crippen LogP contribution in [0.25, 0.3) is 5.76 Å². The Morgan fingerprint density at radius 3 is 2.35 bits per heavy atom. The van der Waals surface area contributed by atoms with Crippen molar-refractivity contribution in [2.75, 3.05) is 7.11 Å². The number of carbonyl (C=O) groups is 2. The maximum Gasteiger partial charge on any atom is 0.295 e. The van der Waals surface area contributed by atoms with Gasteiger partial charge in [0.2, 0.25) is 0 Å². The number of likely N-dealkylation sites (tertiary alicyclic amines) is 1. The van der Waals surface area contributed by atoms with Crippen LogP contribution in [0.3, 0.4) is 0 Å². The predicted octanol–water partition coefficient (Wildman–Crippen LogP) is 4.63. The first-order valence-electron chi connectivity index (χ1n) is 10.0. The van der Waals surface area contributed by atoms with Crippen molar-refractivity contribution in [1.29, 1.82) is 0 Å². The average Bonchev–Trinajstić information content (AvgIpc) is 3.05. The lowest BCUT2D eigenvalue weighted by Gasteiger charge is -2.25. The number of hydrogen-bond acceptors (Lipinski definition) is 4. The number of aryl methyl sites for hydroxylation is 1. The van der Waals surface area contributed by atoms with Crippen molar-refractivity contribution in [2.45, 2.75) is 19.5 Å². The molecule has 0 saturated carbocycles. The molecular formula is C26H23NO4. The number of ether oxygens (including phenoxy) is 1. The molecule has 4 rings (SSSR count). The minimum Gasteiger partial charge on any atom is -0.507 e. The van der Waals surface area contributed by atoms with Gasteiger partial charge in [0.15, 0.2) is 0 Å². The van der Waals surface area contributed by atoms with Crippen molar-refractivity contribution in [1.82, 2.24) is 4.90 Å². The molecule has 1 aliphatic rings. The molecule has 5 nitrogen and oxygen atoms in total. The number of benzene rings is 3. The highest BCUT2D eigenvalue weighted by atomic mass is 16.5. The van der Waals surface area contributed by atoms with Gasteiger partial charge in [-0.05, 0) is 30.2 Å². The number of aliphatic hydroxyl groups excluding tert-OH is 1. The molecule has 1 unspecified atom stereocenters. The Labute approximate surface area is 181 Å². The summed E-state index contributed by atoms with van der Waals surface area (Å²) in [6, 6.07) is 23.3. The van der Waals surface area contributed by atoms with E-state index in [4.69, 9.17) is 4.74 Å². The first-order valence-corrected chi connectivity index (χ1v) is 10.0. The minimum absolute atomic E-state index is 0.0815. The fourth-order valence-electron chi connectivity index (χ4n) is 3.84. The van der Waals surface area contributed by atoms with E-state index in [1.807, 2.05) is 61.5 Å². The molecule has 0 bridgehead atoms. The standard InChI is InChI=1S/C26H23NO4/c1-17-11-13-19(14-12-17)23-22(24(28)20-9-6-10-21(15-20)31-2)25(29)26(30)27(23)16-18-7-4-3-5-8-18/h3-15,23,28H,16H2,1-2H3/b24-22+. The number of ketones is 1. The average molecular weight is 413 g/mol. The molecule has 1 N–H and O–H groups in total. The molecule has 1 saturated heterocycles. The van der Waals surface area contributed by atoms with Gasteiger partial charge in [0.1, 0.15) is 11.5 Å². The lowest BCUT2D eigenvalue weighted by molar-refractivity contribution is -0.140. The Hall–Kier alpha value is -3.86. The van der Waals surface area contributed by atoms with E-state index in [0.717, 1.165) is 16.7 Å². The Morgan fingerprint density at radius 2 is 1.68 bits per heavy atom. The second kappa shape index (κ2) is 8.48. The first kappa shape index (κ1) is 20.4. The second-order valence-electron chi connectivity index (χ2n) is 7.56. The van der Waals surface area contributed by atoms with Crippen LogP contribution in [0.2, 0.25) is 0 Å². The second-order valence-corrected chi connectivity index (χ2v) is 7.56. The van der Waals surface area contributed by atoms with Crippen LogP contribution in [0.1, 0.15) is 28.3 Å². The Bertz CT molecular complexity index is 1150. The predicted molar refractivity (Wildman–Crippen MR) is 118 cm³/mol. The molecule has 1 fully saturated rings. The number of amides is 1. The van der Waals surface area contributed by atoms with Crippen molar-refractivity contribution in [3.05, 3.63) is 107 Å². The quantitative estimate of drug-likeness (QED) is 0.376. The molecule has 31 heavy (non-hydrogen) atoms. The lowest BCUT2D eigenvalue weighted by atomic mass is 9.94. The van der Waals surface area contributed by atoms with Crippen LogP contribution in [-0.2, 0) is 16.1 Å². The number of aliphatic hydroxyl groups is 1. The smallest absolute Gasteiger partial charge is 0.295 e. The monoisotopic (exact) mass is 413 g/mol. The zero-order chi connectivity index (χ0) is 22.0. The third-order valence-electron chi connectivity index (χ3n) is 5.47. The molecule has 0 aliphatic carbocycles. The topological polar surface area (TPSA) is 66.8 Å². The Morgan fingerprint density at radius 1 is 0.968 bits per heavy atom. The van der Waals surface area contributed by atoms with Crippen LogP contribution in [0, 0.1) is 6.92 Å². The number of hydrogen-bond donors (Lipinski definition) is 1. The van der Waals surface area contributed by atoms with Gasteiger partial charge in [-0.15, -0.1) is 0 Å². The van der Waals surface area contributed by atoms with Gasteiger partial charge in [0.05, 0.1) is 18.7 Å². The molecule has 1 atom stereocenters. The summed E-state index contributed by atoms with van der Waals surface area (Å²) in [4.78, 5) is 27.6. The van der Waals surface area contributed by atoms with E-state index >= 15 is 0 Å². The molecule has 3 aromatic carbocycles. The summed E-state index contributed by atoms with van der Waals surface area (Å²) in [7, 11) is 1.53. The van der Waals surface area contributed by atoms with E-state index in [1.165, 1.54) is 12.0 Å². The van der Waals surface area contributed by atoms with E-state index in [9.17, 15) is 14.7 Å². The van der Waals surface area contributed by atoms with E-state index in [0.29, 0.717) is 11.3 Å². The fraction of sp³-hybridized carbons (Fsp3) is 0.154. The van der Waals surface area contributed by atoms with Crippen molar-refractivity contribution >= 4 is 17.4 Å². The number of rotatable bonds is 5. The van der Waals surface area contributed by atoms with Crippen LogP contribution in [-0.4, -0.2) is 28.8 Å². The van der Waals surface area contributed by atoms with Crippen LogP contribution < -0.4 is 4.74 Å². The number of carbonyl (C=O) groups excluding carboxylic acids is 2. The normalized spacial score (nSPS) is 17.7. The maximum atomic E-state index is 13.1. The number of nitrogens with zero attached hydrogens (tertiary/aromatic N) is 1. The summed E-state index contributed by atoms with van der Waals surface area (Å²) < 4.78 is 5.24. The van der Waals surface area contributed by atoms with E-state index in [1.54, 1.807) is 24.3 Å². The molecule has 0 radical (unpaired) electrons. The third kappa shape index (κ3) is 3.94. The van der Waals surface area contributed by atoms with Crippen molar-refractivity contribution in [3.8, 4) is 5.75 Å². The molecule has 1 heterocycles. The maximum absolute atomic E-state index is 13.1. The summed E-state index contributed by atoms with van der Waals surface area (Å²) >= 11 is 0. The van der Waals surface area contributed by atoms with Gasteiger partial charge in [-0.2, -0.15) is 0 Å². The molecule has 0 aromatic heterocycles. The minimum atomic E-state index is -0.693. The summed E-state index contributed by atoms with van der Waals surface area (Å²) in [5.74, 6) is -0.978. The van der Waals surface area contributed by atoms with E-state index < -0.39 is 17.7 Å².